The minimum absolute atomic E-state index is 0.347. The van der Waals surface area contributed by atoms with Crippen molar-refractivity contribution in [3.63, 3.8) is 0 Å². The van der Waals surface area contributed by atoms with Crippen LogP contribution < -0.4 is 14.5 Å². The fraction of sp³-hybridized carbons (Fsp3) is 0.333. The van der Waals surface area contributed by atoms with Gasteiger partial charge in [0.1, 0.15) is 10.9 Å². The van der Waals surface area contributed by atoms with Gasteiger partial charge in [-0.25, -0.2) is 12.7 Å². The van der Waals surface area contributed by atoms with Crippen LogP contribution in [0.2, 0.25) is 5.02 Å². The summed E-state index contributed by atoms with van der Waals surface area (Å²) >= 11 is 7.47. The second kappa shape index (κ2) is 7.16. The molecular formula is C21H22ClN3O2S2. The summed E-state index contributed by atoms with van der Waals surface area (Å²) in [4.78, 5) is 2.26. The molecule has 8 heteroatoms. The Morgan fingerprint density at radius 2 is 1.83 bits per heavy atom. The van der Waals surface area contributed by atoms with Gasteiger partial charge in [-0.05, 0) is 74.1 Å². The number of rotatable bonds is 3. The molecule has 0 atom stereocenters. The first-order valence-corrected chi connectivity index (χ1v) is 12.4. The van der Waals surface area contributed by atoms with Crippen LogP contribution in [0.3, 0.4) is 0 Å². The van der Waals surface area contributed by atoms with E-state index in [0.29, 0.717) is 21.9 Å². The predicted octanol–water partition coefficient (Wildman–Crippen LogP) is 4.59. The van der Waals surface area contributed by atoms with Crippen LogP contribution in [0.15, 0.2) is 46.7 Å². The van der Waals surface area contributed by atoms with Crippen LogP contribution in [-0.2, 0) is 10.0 Å². The van der Waals surface area contributed by atoms with Crippen molar-refractivity contribution in [2.75, 3.05) is 29.0 Å². The van der Waals surface area contributed by atoms with Crippen LogP contribution in [-0.4, -0.2) is 34.2 Å². The molecular weight excluding hydrogens is 426 g/mol. The zero-order valence-corrected chi connectivity index (χ0v) is 18.4. The normalized spacial score (nSPS) is 17.9. The van der Waals surface area contributed by atoms with Crippen LogP contribution >= 0.6 is 22.9 Å². The van der Waals surface area contributed by atoms with E-state index < -0.39 is 10.0 Å². The van der Waals surface area contributed by atoms with Crippen molar-refractivity contribution in [3.05, 3.63) is 53.1 Å². The average molecular weight is 448 g/mol. The summed E-state index contributed by atoms with van der Waals surface area (Å²) in [6.07, 6.45) is 2.03. The molecule has 1 aromatic heterocycles. The Balaban J connectivity index is 1.59. The Morgan fingerprint density at radius 1 is 1.10 bits per heavy atom. The number of benzene rings is 2. The molecule has 152 valence electrons. The second-order valence-electron chi connectivity index (χ2n) is 7.59. The predicted molar refractivity (Wildman–Crippen MR) is 121 cm³/mol. The highest BCUT2D eigenvalue weighted by Gasteiger charge is 2.39. The van der Waals surface area contributed by atoms with E-state index in [0.717, 1.165) is 53.0 Å². The van der Waals surface area contributed by atoms with Crippen molar-refractivity contribution < 1.29 is 8.42 Å². The van der Waals surface area contributed by atoms with Crippen molar-refractivity contribution in [2.24, 2.45) is 0 Å². The zero-order valence-electron chi connectivity index (χ0n) is 16.1. The maximum atomic E-state index is 13.8. The Morgan fingerprint density at radius 3 is 2.59 bits per heavy atom. The number of para-hydroxylation sites is 2. The molecule has 29 heavy (non-hydrogen) atoms. The number of nitrogens with zero attached hydrogens (tertiary/aromatic N) is 2. The standard InChI is InChI=1S/C21H22ClN3O2S2/c1-14-17-12-15(22)6-7-20(17)28-21(14)29(26,27)25-13-24(16-8-10-23-11-9-16)18-4-2-3-5-19(18)25/h2-7,12,16,23H,8-11,13H2,1H3. The average Bonchev–Trinajstić information content (AvgIpc) is 3.28. The van der Waals surface area contributed by atoms with Crippen LogP contribution in [0.4, 0.5) is 11.4 Å². The van der Waals surface area contributed by atoms with Gasteiger partial charge in [0.05, 0.1) is 11.4 Å². The van der Waals surface area contributed by atoms with E-state index in [-0.39, 0.29) is 0 Å². The molecule has 5 nitrogen and oxygen atoms in total. The van der Waals surface area contributed by atoms with Crippen molar-refractivity contribution in [1.29, 1.82) is 0 Å². The molecule has 1 fully saturated rings. The highest BCUT2D eigenvalue weighted by atomic mass is 35.5. The maximum absolute atomic E-state index is 13.8. The molecule has 0 spiro atoms. The second-order valence-corrected chi connectivity index (χ2v) is 11.1. The van der Waals surface area contributed by atoms with E-state index in [9.17, 15) is 8.42 Å². The topological polar surface area (TPSA) is 52.7 Å². The molecule has 2 aliphatic heterocycles. The first kappa shape index (κ1) is 19.2. The summed E-state index contributed by atoms with van der Waals surface area (Å²) in [6, 6.07) is 13.7. The van der Waals surface area contributed by atoms with Gasteiger partial charge in [0.2, 0.25) is 0 Å². The molecule has 2 aromatic carbocycles. The number of nitrogens with one attached hydrogen (secondary N) is 1. The lowest BCUT2D eigenvalue weighted by Crippen LogP contribution is -2.45. The Labute approximate surface area is 179 Å². The third-order valence-corrected chi connectivity index (χ3v) is 9.72. The molecule has 3 heterocycles. The van der Waals surface area contributed by atoms with Gasteiger partial charge >= 0.3 is 0 Å². The summed E-state index contributed by atoms with van der Waals surface area (Å²) in [5.74, 6) is 0. The van der Waals surface area contributed by atoms with Gasteiger partial charge in [0, 0.05) is 15.8 Å². The first-order chi connectivity index (χ1) is 14.0. The largest absolute Gasteiger partial charge is 0.348 e. The molecule has 0 aliphatic carbocycles. The number of sulfonamides is 1. The molecule has 1 N–H and O–H groups in total. The number of aryl methyl sites for hydroxylation is 1. The molecule has 3 aromatic rings. The van der Waals surface area contributed by atoms with Crippen LogP contribution in [0.5, 0.6) is 0 Å². The quantitative estimate of drug-likeness (QED) is 0.638. The molecule has 0 amide bonds. The number of anilines is 2. The number of hydrogen-bond donors (Lipinski definition) is 1. The Kier molecular flexibility index (Phi) is 4.74. The highest BCUT2D eigenvalue weighted by Crippen LogP contribution is 2.44. The van der Waals surface area contributed by atoms with E-state index in [1.54, 1.807) is 10.4 Å². The van der Waals surface area contributed by atoms with E-state index in [1.807, 2.05) is 43.3 Å². The lowest BCUT2D eigenvalue weighted by atomic mass is 10.0. The third-order valence-electron chi connectivity index (χ3n) is 5.87. The number of fused-ring (bicyclic) bond motifs is 2. The summed E-state index contributed by atoms with van der Waals surface area (Å²) in [5.41, 5.74) is 2.54. The van der Waals surface area contributed by atoms with E-state index in [4.69, 9.17) is 11.6 Å². The molecule has 0 unspecified atom stereocenters. The number of halogens is 1. The highest BCUT2D eigenvalue weighted by molar-refractivity contribution is 7.95. The van der Waals surface area contributed by atoms with Gasteiger partial charge in [-0.3, -0.25) is 0 Å². The molecule has 5 rings (SSSR count). The Bertz CT molecular complexity index is 1190. The fourth-order valence-electron chi connectivity index (χ4n) is 4.36. The smallest absolute Gasteiger partial charge is 0.275 e. The Hall–Kier alpha value is -1.80. The number of piperidine rings is 1. The van der Waals surface area contributed by atoms with E-state index >= 15 is 0 Å². The zero-order chi connectivity index (χ0) is 20.2. The van der Waals surface area contributed by atoms with Gasteiger partial charge in [-0.2, -0.15) is 0 Å². The fourth-order valence-corrected chi connectivity index (χ4v) is 7.80. The van der Waals surface area contributed by atoms with Crippen LogP contribution in [0.25, 0.3) is 10.1 Å². The maximum Gasteiger partial charge on any atom is 0.275 e. The molecule has 0 saturated carbocycles. The van der Waals surface area contributed by atoms with Gasteiger partial charge in [0.15, 0.2) is 0 Å². The van der Waals surface area contributed by atoms with Gasteiger partial charge < -0.3 is 10.2 Å². The summed E-state index contributed by atoms with van der Waals surface area (Å²) in [7, 11) is -3.68. The minimum atomic E-state index is -3.68. The molecule has 0 bridgehead atoms. The van der Waals surface area contributed by atoms with E-state index in [1.165, 1.54) is 11.3 Å². The van der Waals surface area contributed by atoms with Gasteiger partial charge in [-0.1, -0.05) is 23.7 Å². The van der Waals surface area contributed by atoms with E-state index in [2.05, 4.69) is 10.2 Å². The molecule has 1 saturated heterocycles. The van der Waals surface area contributed by atoms with Crippen LogP contribution in [0, 0.1) is 6.92 Å². The van der Waals surface area contributed by atoms with Crippen molar-refractivity contribution in [2.45, 2.75) is 30.0 Å². The SMILES string of the molecule is Cc1c(S(=O)(=O)N2CN(C3CCNCC3)c3ccccc32)sc2ccc(Cl)cc12. The van der Waals surface area contributed by atoms with Crippen molar-refractivity contribution >= 4 is 54.4 Å². The van der Waals surface area contributed by atoms with Crippen molar-refractivity contribution in [1.82, 2.24) is 5.32 Å². The van der Waals surface area contributed by atoms with Gasteiger partial charge in [0.25, 0.3) is 10.0 Å². The summed E-state index contributed by atoms with van der Waals surface area (Å²) < 4.78 is 30.4. The number of hydrogen-bond acceptors (Lipinski definition) is 5. The minimum Gasteiger partial charge on any atom is -0.348 e. The number of thiophene rings is 1. The molecule has 2 aliphatic rings. The lowest BCUT2D eigenvalue weighted by Gasteiger charge is -2.33. The summed E-state index contributed by atoms with van der Waals surface area (Å²) in [6.45, 7) is 4.16. The lowest BCUT2D eigenvalue weighted by molar-refractivity contribution is 0.436. The van der Waals surface area contributed by atoms with Crippen molar-refractivity contribution in [3.8, 4) is 0 Å². The van der Waals surface area contributed by atoms with Gasteiger partial charge in [-0.15, -0.1) is 11.3 Å². The first-order valence-electron chi connectivity index (χ1n) is 9.74. The van der Waals surface area contributed by atoms with Crippen LogP contribution in [0.1, 0.15) is 18.4 Å². The molecule has 0 radical (unpaired) electrons. The third kappa shape index (κ3) is 3.11. The monoisotopic (exact) mass is 447 g/mol. The summed E-state index contributed by atoms with van der Waals surface area (Å²) in [5, 5.41) is 4.91.